The molecule has 2 aromatic rings. The van der Waals surface area contributed by atoms with E-state index in [1.807, 2.05) is 18.2 Å². The zero-order chi connectivity index (χ0) is 14.7. The maximum atomic E-state index is 6.29. The van der Waals surface area contributed by atoms with Gasteiger partial charge in [0.25, 0.3) is 0 Å². The quantitative estimate of drug-likeness (QED) is 0.834. The van der Waals surface area contributed by atoms with E-state index < -0.39 is 0 Å². The van der Waals surface area contributed by atoms with Crippen molar-refractivity contribution in [3.8, 4) is 0 Å². The number of aromatic nitrogens is 2. The van der Waals surface area contributed by atoms with Crippen LogP contribution in [0.2, 0.25) is 5.02 Å². The maximum absolute atomic E-state index is 6.29. The zero-order valence-electron chi connectivity index (χ0n) is 11.5. The number of rotatable bonds is 3. The lowest BCUT2D eigenvalue weighted by Gasteiger charge is -2.34. The molecule has 3 rings (SSSR count). The second kappa shape index (κ2) is 6.73. The van der Waals surface area contributed by atoms with Crippen molar-refractivity contribution in [2.45, 2.75) is 6.54 Å². The fourth-order valence-electron chi connectivity index (χ4n) is 2.45. The Morgan fingerprint density at radius 1 is 1.10 bits per heavy atom. The van der Waals surface area contributed by atoms with Crippen LogP contribution in [0.1, 0.15) is 5.56 Å². The molecule has 0 spiro atoms. The SMILES string of the molecule is Clc1cc(Br)ccc1CN1CCN(c2ncccn2)CC1. The van der Waals surface area contributed by atoms with Gasteiger partial charge in [-0.2, -0.15) is 0 Å². The smallest absolute Gasteiger partial charge is 0.225 e. The summed E-state index contributed by atoms with van der Waals surface area (Å²) in [7, 11) is 0. The molecular formula is C15H16BrClN4. The molecule has 1 fully saturated rings. The van der Waals surface area contributed by atoms with Gasteiger partial charge in [0.15, 0.2) is 0 Å². The van der Waals surface area contributed by atoms with Crippen molar-refractivity contribution >= 4 is 33.5 Å². The lowest BCUT2D eigenvalue weighted by Crippen LogP contribution is -2.46. The summed E-state index contributed by atoms with van der Waals surface area (Å²) in [5.74, 6) is 0.818. The standard InChI is InChI=1S/C15H16BrClN4/c16-13-3-2-12(14(17)10-13)11-20-6-8-21(9-7-20)15-18-4-1-5-19-15/h1-5,10H,6-9,11H2. The molecule has 0 radical (unpaired) electrons. The topological polar surface area (TPSA) is 32.3 Å². The van der Waals surface area contributed by atoms with E-state index in [1.165, 1.54) is 5.56 Å². The average Bonchev–Trinajstić information content (AvgIpc) is 2.52. The highest BCUT2D eigenvalue weighted by Gasteiger charge is 2.19. The van der Waals surface area contributed by atoms with E-state index in [2.05, 4.69) is 41.8 Å². The van der Waals surface area contributed by atoms with Crippen LogP contribution in [-0.4, -0.2) is 41.0 Å². The minimum atomic E-state index is 0.818. The van der Waals surface area contributed by atoms with Crippen molar-refractivity contribution < 1.29 is 0 Å². The van der Waals surface area contributed by atoms with E-state index in [0.717, 1.165) is 48.2 Å². The first-order valence-electron chi connectivity index (χ1n) is 6.90. The summed E-state index contributed by atoms with van der Waals surface area (Å²) in [6.45, 7) is 4.75. The molecule has 0 N–H and O–H groups in total. The number of anilines is 1. The van der Waals surface area contributed by atoms with E-state index >= 15 is 0 Å². The predicted molar refractivity (Wildman–Crippen MR) is 88.7 cm³/mol. The summed E-state index contributed by atoms with van der Waals surface area (Å²) in [6, 6.07) is 7.91. The summed E-state index contributed by atoms with van der Waals surface area (Å²) in [6.07, 6.45) is 3.58. The third-order valence-corrected chi connectivity index (χ3v) is 4.46. The van der Waals surface area contributed by atoms with Gasteiger partial charge in [0.2, 0.25) is 5.95 Å². The normalized spacial score (nSPS) is 16.2. The Morgan fingerprint density at radius 3 is 2.48 bits per heavy atom. The molecule has 4 nitrogen and oxygen atoms in total. The number of hydrogen-bond donors (Lipinski definition) is 0. The van der Waals surface area contributed by atoms with Crippen molar-refractivity contribution in [1.29, 1.82) is 0 Å². The monoisotopic (exact) mass is 366 g/mol. The Morgan fingerprint density at radius 2 is 1.81 bits per heavy atom. The Balaban J connectivity index is 1.59. The van der Waals surface area contributed by atoms with Crippen LogP contribution >= 0.6 is 27.5 Å². The Labute approximate surface area is 137 Å². The Kier molecular flexibility index (Phi) is 4.73. The number of nitrogens with zero attached hydrogens (tertiary/aromatic N) is 4. The van der Waals surface area contributed by atoms with Gasteiger partial charge in [-0.1, -0.05) is 33.6 Å². The molecule has 1 aromatic heterocycles. The molecule has 21 heavy (non-hydrogen) atoms. The van der Waals surface area contributed by atoms with Gasteiger partial charge in [-0.05, 0) is 23.8 Å². The molecule has 0 aliphatic carbocycles. The second-order valence-electron chi connectivity index (χ2n) is 5.05. The lowest BCUT2D eigenvalue weighted by atomic mass is 10.2. The van der Waals surface area contributed by atoms with Crippen LogP contribution in [-0.2, 0) is 6.54 Å². The van der Waals surface area contributed by atoms with E-state index in [0.29, 0.717) is 0 Å². The van der Waals surface area contributed by atoms with Gasteiger partial charge in [0.1, 0.15) is 0 Å². The molecular weight excluding hydrogens is 352 g/mol. The van der Waals surface area contributed by atoms with Crippen LogP contribution in [0.5, 0.6) is 0 Å². The molecule has 0 amide bonds. The van der Waals surface area contributed by atoms with E-state index in [-0.39, 0.29) is 0 Å². The molecule has 110 valence electrons. The second-order valence-corrected chi connectivity index (χ2v) is 6.37. The average molecular weight is 368 g/mol. The van der Waals surface area contributed by atoms with Crippen LogP contribution in [0.25, 0.3) is 0 Å². The van der Waals surface area contributed by atoms with Crippen molar-refractivity contribution in [3.63, 3.8) is 0 Å². The van der Waals surface area contributed by atoms with Gasteiger partial charge in [-0.15, -0.1) is 0 Å². The van der Waals surface area contributed by atoms with Crippen molar-refractivity contribution in [2.75, 3.05) is 31.1 Å². The molecule has 1 saturated heterocycles. The summed E-state index contributed by atoms with van der Waals surface area (Å²) in [5, 5.41) is 0.818. The molecule has 0 unspecified atom stereocenters. The summed E-state index contributed by atoms with van der Waals surface area (Å²) < 4.78 is 1.02. The van der Waals surface area contributed by atoms with Crippen molar-refractivity contribution in [3.05, 3.63) is 51.7 Å². The Hall–Kier alpha value is -1.17. The van der Waals surface area contributed by atoms with Gasteiger partial charge in [0, 0.05) is 54.6 Å². The summed E-state index contributed by atoms with van der Waals surface area (Å²) in [4.78, 5) is 13.2. The largest absolute Gasteiger partial charge is 0.338 e. The highest BCUT2D eigenvalue weighted by molar-refractivity contribution is 9.10. The van der Waals surface area contributed by atoms with Crippen LogP contribution < -0.4 is 4.90 Å². The van der Waals surface area contributed by atoms with Gasteiger partial charge in [-0.25, -0.2) is 9.97 Å². The number of halogens is 2. The van der Waals surface area contributed by atoms with Gasteiger partial charge in [-0.3, -0.25) is 4.90 Å². The predicted octanol–water partition coefficient (Wildman–Crippen LogP) is 3.21. The molecule has 0 bridgehead atoms. The minimum Gasteiger partial charge on any atom is -0.338 e. The van der Waals surface area contributed by atoms with E-state index in [4.69, 9.17) is 11.6 Å². The van der Waals surface area contributed by atoms with E-state index in [9.17, 15) is 0 Å². The minimum absolute atomic E-state index is 0.818. The van der Waals surface area contributed by atoms with Gasteiger partial charge < -0.3 is 4.90 Å². The number of benzene rings is 1. The van der Waals surface area contributed by atoms with Crippen molar-refractivity contribution in [2.24, 2.45) is 0 Å². The molecule has 2 heterocycles. The number of piperazine rings is 1. The fourth-order valence-corrected chi connectivity index (χ4v) is 3.18. The molecule has 0 saturated carbocycles. The van der Waals surface area contributed by atoms with Crippen LogP contribution in [0.3, 0.4) is 0 Å². The zero-order valence-corrected chi connectivity index (χ0v) is 13.9. The number of hydrogen-bond acceptors (Lipinski definition) is 4. The van der Waals surface area contributed by atoms with Gasteiger partial charge in [0.05, 0.1) is 0 Å². The van der Waals surface area contributed by atoms with E-state index in [1.54, 1.807) is 12.4 Å². The first kappa shape index (κ1) is 14.8. The molecule has 0 atom stereocenters. The lowest BCUT2D eigenvalue weighted by molar-refractivity contribution is 0.249. The summed E-state index contributed by atoms with van der Waals surface area (Å²) in [5.41, 5.74) is 1.17. The van der Waals surface area contributed by atoms with Crippen molar-refractivity contribution in [1.82, 2.24) is 14.9 Å². The highest BCUT2D eigenvalue weighted by atomic mass is 79.9. The Bertz CT molecular complexity index is 600. The van der Waals surface area contributed by atoms with Crippen LogP contribution in [0.4, 0.5) is 5.95 Å². The first-order valence-corrected chi connectivity index (χ1v) is 8.08. The van der Waals surface area contributed by atoms with Crippen LogP contribution in [0, 0.1) is 0 Å². The first-order chi connectivity index (χ1) is 10.2. The van der Waals surface area contributed by atoms with Crippen LogP contribution in [0.15, 0.2) is 41.1 Å². The highest BCUT2D eigenvalue weighted by Crippen LogP contribution is 2.23. The fraction of sp³-hybridized carbons (Fsp3) is 0.333. The molecule has 6 heteroatoms. The summed E-state index contributed by atoms with van der Waals surface area (Å²) >= 11 is 9.72. The third kappa shape index (κ3) is 3.73. The third-order valence-electron chi connectivity index (χ3n) is 3.62. The van der Waals surface area contributed by atoms with Gasteiger partial charge >= 0.3 is 0 Å². The molecule has 1 aliphatic heterocycles. The molecule has 1 aromatic carbocycles. The maximum Gasteiger partial charge on any atom is 0.225 e. The molecule has 1 aliphatic rings.